The Hall–Kier alpha value is -0.460. The molecule has 1 aromatic heterocycles. The zero-order chi connectivity index (χ0) is 11.3. The van der Waals surface area contributed by atoms with Crippen molar-refractivity contribution < 1.29 is 8.42 Å². The Morgan fingerprint density at radius 1 is 1.60 bits per heavy atom. The average Bonchev–Trinajstić information content (AvgIpc) is 2.53. The molecule has 1 N–H and O–H groups in total. The van der Waals surface area contributed by atoms with Crippen LogP contribution in [0.4, 0.5) is 0 Å². The standard InChI is InChI=1S/C9H16N2O2S2/c1-8(7-15(2,12)13)10-4-3-9-11-5-6-14-9/h5-6,8,10H,3-4,7H2,1-2H3. The van der Waals surface area contributed by atoms with Crippen LogP contribution in [0, 0.1) is 0 Å². The summed E-state index contributed by atoms with van der Waals surface area (Å²) in [6.07, 6.45) is 3.89. The van der Waals surface area contributed by atoms with Crippen LogP contribution in [0.2, 0.25) is 0 Å². The molecule has 0 bridgehead atoms. The topological polar surface area (TPSA) is 59.1 Å². The lowest BCUT2D eigenvalue weighted by molar-refractivity contribution is 0.561. The summed E-state index contributed by atoms with van der Waals surface area (Å²) in [6, 6.07) is -0.0000350. The molecule has 0 spiro atoms. The monoisotopic (exact) mass is 248 g/mol. The molecule has 1 aromatic rings. The lowest BCUT2D eigenvalue weighted by atomic mass is 10.3. The summed E-state index contributed by atoms with van der Waals surface area (Å²) in [5, 5.41) is 6.18. The molecule has 15 heavy (non-hydrogen) atoms. The van der Waals surface area contributed by atoms with Gasteiger partial charge in [0.25, 0.3) is 0 Å². The lowest BCUT2D eigenvalue weighted by Crippen LogP contribution is -2.34. The van der Waals surface area contributed by atoms with Gasteiger partial charge in [0.2, 0.25) is 0 Å². The SMILES string of the molecule is CC(CS(C)(=O)=O)NCCc1nccs1. The van der Waals surface area contributed by atoms with E-state index < -0.39 is 9.84 Å². The number of hydrogen-bond acceptors (Lipinski definition) is 5. The smallest absolute Gasteiger partial charge is 0.148 e. The van der Waals surface area contributed by atoms with Crippen molar-refractivity contribution in [1.29, 1.82) is 0 Å². The highest BCUT2D eigenvalue weighted by atomic mass is 32.2. The minimum Gasteiger partial charge on any atom is -0.313 e. The normalized spacial score (nSPS) is 14.0. The van der Waals surface area contributed by atoms with Gasteiger partial charge in [0, 0.05) is 36.8 Å². The minimum absolute atomic E-state index is 0.0000350. The summed E-state index contributed by atoms with van der Waals surface area (Å²) in [5.74, 6) is 0.185. The summed E-state index contributed by atoms with van der Waals surface area (Å²) in [4.78, 5) is 4.15. The molecule has 86 valence electrons. The number of nitrogens with one attached hydrogen (secondary N) is 1. The highest BCUT2D eigenvalue weighted by Gasteiger charge is 2.09. The van der Waals surface area contributed by atoms with Crippen LogP contribution in [-0.2, 0) is 16.3 Å². The van der Waals surface area contributed by atoms with Gasteiger partial charge in [-0.15, -0.1) is 11.3 Å². The van der Waals surface area contributed by atoms with Crippen LogP contribution in [-0.4, -0.2) is 38.0 Å². The van der Waals surface area contributed by atoms with E-state index in [-0.39, 0.29) is 11.8 Å². The third-order valence-electron chi connectivity index (χ3n) is 1.87. The van der Waals surface area contributed by atoms with E-state index in [0.717, 1.165) is 18.0 Å². The molecule has 1 heterocycles. The zero-order valence-corrected chi connectivity index (χ0v) is 10.6. The summed E-state index contributed by atoms with van der Waals surface area (Å²) in [5.41, 5.74) is 0. The van der Waals surface area contributed by atoms with Crippen molar-refractivity contribution in [1.82, 2.24) is 10.3 Å². The van der Waals surface area contributed by atoms with E-state index in [1.807, 2.05) is 12.3 Å². The molecule has 0 fully saturated rings. The zero-order valence-electron chi connectivity index (χ0n) is 8.93. The van der Waals surface area contributed by atoms with Gasteiger partial charge in [0.1, 0.15) is 9.84 Å². The molecular weight excluding hydrogens is 232 g/mol. The first-order chi connectivity index (χ1) is 6.97. The molecule has 0 radical (unpaired) electrons. The summed E-state index contributed by atoms with van der Waals surface area (Å²) >= 11 is 1.62. The van der Waals surface area contributed by atoms with Gasteiger partial charge in [-0.25, -0.2) is 13.4 Å². The van der Waals surface area contributed by atoms with E-state index in [4.69, 9.17) is 0 Å². The lowest BCUT2D eigenvalue weighted by Gasteiger charge is -2.11. The Kier molecular flexibility index (Phi) is 4.69. The Balaban J connectivity index is 2.20. The van der Waals surface area contributed by atoms with Crippen molar-refractivity contribution in [3.05, 3.63) is 16.6 Å². The maximum absolute atomic E-state index is 11.0. The van der Waals surface area contributed by atoms with Crippen LogP contribution in [0.25, 0.3) is 0 Å². The van der Waals surface area contributed by atoms with Crippen molar-refractivity contribution in [2.75, 3.05) is 18.6 Å². The van der Waals surface area contributed by atoms with Crippen molar-refractivity contribution in [2.24, 2.45) is 0 Å². The molecular formula is C9H16N2O2S2. The number of aromatic nitrogens is 1. The Morgan fingerprint density at radius 3 is 2.87 bits per heavy atom. The minimum atomic E-state index is -2.88. The fourth-order valence-corrected chi connectivity index (χ4v) is 2.96. The van der Waals surface area contributed by atoms with E-state index in [2.05, 4.69) is 10.3 Å². The molecule has 0 amide bonds. The van der Waals surface area contributed by atoms with E-state index in [9.17, 15) is 8.42 Å². The van der Waals surface area contributed by atoms with Crippen LogP contribution in [0.5, 0.6) is 0 Å². The quantitative estimate of drug-likeness (QED) is 0.805. The maximum atomic E-state index is 11.0. The molecule has 1 unspecified atom stereocenters. The van der Waals surface area contributed by atoms with Gasteiger partial charge in [-0.1, -0.05) is 0 Å². The van der Waals surface area contributed by atoms with Gasteiger partial charge in [-0.2, -0.15) is 0 Å². The van der Waals surface area contributed by atoms with E-state index >= 15 is 0 Å². The third kappa shape index (κ3) is 5.86. The second kappa shape index (κ2) is 5.58. The average molecular weight is 248 g/mol. The Labute approximate surface area is 94.7 Å². The molecule has 1 atom stereocenters. The number of sulfone groups is 1. The number of rotatable bonds is 6. The van der Waals surface area contributed by atoms with Crippen LogP contribution >= 0.6 is 11.3 Å². The molecule has 0 saturated heterocycles. The molecule has 1 rings (SSSR count). The highest BCUT2D eigenvalue weighted by Crippen LogP contribution is 2.03. The first-order valence-electron chi connectivity index (χ1n) is 4.77. The number of nitrogens with zero attached hydrogens (tertiary/aromatic N) is 1. The van der Waals surface area contributed by atoms with Crippen molar-refractivity contribution >= 4 is 21.2 Å². The van der Waals surface area contributed by atoms with Gasteiger partial charge in [-0.3, -0.25) is 0 Å². The highest BCUT2D eigenvalue weighted by molar-refractivity contribution is 7.90. The molecule has 4 nitrogen and oxygen atoms in total. The summed E-state index contributed by atoms with van der Waals surface area (Å²) in [6.45, 7) is 2.65. The second-order valence-electron chi connectivity index (χ2n) is 3.62. The van der Waals surface area contributed by atoms with Crippen molar-refractivity contribution in [2.45, 2.75) is 19.4 Å². The Morgan fingerprint density at radius 2 is 2.33 bits per heavy atom. The predicted octanol–water partition coefficient (Wildman–Crippen LogP) is 0.708. The van der Waals surface area contributed by atoms with Crippen LogP contribution in [0.3, 0.4) is 0 Å². The van der Waals surface area contributed by atoms with Gasteiger partial charge in [0.05, 0.1) is 10.8 Å². The third-order valence-corrected chi connectivity index (χ3v) is 3.81. The van der Waals surface area contributed by atoms with Crippen molar-refractivity contribution in [3.8, 4) is 0 Å². The van der Waals surface area contributed by atoms with Crippen LogP contribution in [0.15, 0.2) is 11.6 Å². The molecule has 0 aliphatic rings. The number of thiazole rings is 1. The Bertz CT molecular complexity index is 373. The second-order valence-corrected chi connectivity index (χ2v) is 6.79. The van der Waals surface area contributed by atoms with E-state index in [1.54, 1.807) is 17.5 Å². The fraction of sp³-hybridized carbons (Fsp3) is 0.667. The molecule has 6 heteroatoms. The molecule has 0 aliphatic carbocycles. The molecule has 0 aromatic carbocycles. The first-order valence-corrected chi connectivity index (χ1v) is 7.71. The van der Waals surface area contributed by atoms with Crippen molar-refractivity contribution in [3.63, 3.8) is 0 Å². The summed E-state index contributed by atoms with van der Waals surface area (Å²) in [7, 11) is -2.88. The van der Waals surface area contributed by atoms with Gasteiger partial charge in [-0.05, 0) is 6.92 Å². The summed E-state index contributed by atoms with van der Waals surface area (Å²) < 4.78 is 22.0. The van der Waals surface area contributed by atoms with E-state index in [0.29, 0.717) is 0 Å². The van der Waals surface area contributed by atoms with Gasteiger partial charge < -0.3 is 5.32 Å². The maximum Gasteiger partial charge on any atom is 0.148 e. The first kappa shape index (κ1) is 12.6. The van der Waals surface area contributed by atoms with Crippen LogP contribution < -0.4 is 5.32 Å². The van der Waals surface area contributed by atoms with Gasteiger partial charge in [0.15, 0.2) is 0 Å². The predicted molar refractivity (Wildman–Crippen MR) is 63.0 cm³/mol. The largest absolute Gasteiger partial charge is 0.313 e. The van der Waals surface area contributed by atoms with E-state index in [1.165, 1.54) is 6.26 Å². The molecule has 0 aliphatic heterocycles. The van der Waals surface area contributed by atoms with Gasteiger partial charge >= 0.3 is 0 Å². The fourth-order valence-electron chi connectivity index (χ4n) is 1.31. The van der Waals surface area contributed by atoms with Crippen LogP contribution in [0.1, 0.15) is 11.9 Å². The molecule has 0 saturated carbocycles. The number of hydrogen-bond donors (Lipinski definition) is 1.